The van der Waals surface area contributed by atoms with Crippen molar-refractivity contribution in [1.29, 1.82) is 0 Å². The van der Waals surface area contributed by atoms with E-state index in [1.807, 2.05) is 0 Å². The number of rotatable bonds is 3. The number of anilines is 1. The minimum atomic E-state index is -0.612. The van der Waals surface area contributed by atoms with Gasteiger partial charge in [0.05, 0.1) is 12.4 Å². The molecule has 1 aliphatic heterocycles. The van der Waals surface area contributed by atoms with Gasteiger partial charge in [-0.2, -0.15) is 0 Å². The minimum absolute atomic E-state index is 0.0379. The van der Waals surface area contributed by atoms with Gasteiger partial charge in [-0.05, 0) is 31.4 Å². The normalized spacial score (nSPS) is 17.2. The molecule has 1 aromatic heterocycles. The van der Waals surface area contributed by atoms with Crippen molar-refractivity contribution in [2.24, 2.45) is 0 Å². The van der Waals surface area contributed by atoms with Crippen molar-refractivity contribution in [3.63, 3.8) is 0 Å². The Hall–Kier alpha value is -2.90. The standard InChI is InChI=1S/C18H16F2N4O2/c1-10-2-3-12-14(15(10)20)18(4-5-18)9-24(16(12)26)8-13(25)23-17-21-6-11(19)7-22-17/h2-3,6-7H,4-5,8-9H2,1H3,(H,21,22,23,25). The Morgan fingerprint density at radius 1 is 1.27 bits per heavy atom. The van der Waals surface area contributed by atoms with E-state index < -0.39 is 17.1 Å². The van der Waals surface area contributed by atoms with E-state index in [-0.39, 0.29) is 24.2 Å². The zero-order valence-electron chi connectivity index (χ0n) is 14.1. The second-order valence-electron chi connectivity index (χ2n) is 6.83. The highest BCUT2D eigenvalue weighted by Gasteiger charge is 2.53. The summed E-state index contributed by atoms with van der Waals surface area (Å²) in [6.07, 6.45) is 3.45. The van der Waals surface area contributed by atoms with Gasteiger partial charge in [-0.15, -0.1) is 0 Å². The van der Waals surface area contributed by atoms with E-state index in [0.29, 0.717) is 23.2 Å². The van der Waals surface area contributed by atoms with Crippen LogP contribution in [0.3, 0.4) is 0 Å². The number of nitrogens with zero attached hydrogens (tertiary/aromatic N) is 3. The molecule has 4 rings (SSSR count). The van der Waals surface area contributed by atoms with Gasteiger partial charge < -0.3 is 4.90 Å². The number of amides is 2. The zero-order chi connectivity index (χ0) is 18.5. The molecule has 26 heavy (non-hydrogen) atoms. The van der Waals surface area contributed by atoms with Crippen molar-refractivity contribution < 1.29 is 18.4 Å². The fourth-order valence-electron chi connectivity index (χ4n) is 3.46. The average Bonchev–Trinajstić information content (AvgIpc) is 3.37. The van der Waals surface area contributed by atoms with Crippen LogP contribution >= 0.6 is 0 Å². The van der Waals surface area contributed by atoms with Crippen LogP contribution in [0.2, 0.25) is 0 Å². The zero-order valence-corrected chi connectivity index (χ0v) is 14.1. The molecule has 0 unspecified atom stereocenters. The maximum absolute atomic E-state index is 14.6. The molecule has 134 valence electrons. The number of aromatic nitrogens is 2. The highest BCUT2D eigenvalue weighted by molar-refractivity contribution is 6.01. The lowest BCUT2D eigenvalue weighted by Crippen LogP contribution is -2.47. The van der Waals surface area contributed by atoms with Crippen molar-refractivity contribution in [3.05, 3.63) is 52.9 Å². The number of carbonyl (C=O) groups excluding carboxylic acids is 2. The summed E-state index contributed by atoms with van der Waals surface area (Å²) in [4.78, 5) is 33.7. The maximum Gasteiger partial charge on any atom is 0.254 e. The summed E-state index contributed by atoms with van der Waals surface area (Å²) in [5.41, 5.74) is 0.928. The second kappa shape index (κ2) is 5.82. The molecule has 0 bridgehead atoms. The van der Waals surface area contributed by atoms with Gasteiger partial charge in [-0.25, -0.2) is 18.7 Å². The first-order valence-electron chi connectivity index (χ1n) is 8.26. The number of hydrogen-bond donors (Lipinski definition) is 1. The number of halogens is 2. The third kappa shape index (κ3) is 2.71. The molecule has 1 aliphatic carbocycles. The Kier molecular flexibility index (Phi) is 3.71. The van der Waals surface area contributed by atoms with Crippen molar-refractivity contribution >= 4 is 17.8 Å². The van der Waals surface area contributed by atoms with Crippen LogP contribution in [0.15, 0.2) is 24.5 Å². The summed E-state index contributed by atoms with van der Waals surface area (Å²) in [7, 11) is 0. The summed E-state index contributed by atoms with van der Waals surface area (Å²) in [6.45, 7) is 1.78. The van der Waals surface area contributed by atoms with E-state index in [9.17, 15) is 18.4 Å². The van der Waals surface area contributed by atoms with Gasteiger partial charge >= 0.3 is 0 Å². The topological polar surface area (TPSA) is 75.2 Å². The summed E-state index contributed by atoms with van der Waals surface area (Å²) in [6, 6.07) is 3.21. The van der Waals surface area contributed by atoms with E-state index in [1.54, 1.807) is 19.1 Å². The summed E-state index contributed by atoms with van der Waals surface area (Å²) in [5, 5.41) is 2.43. The summed E-state index contributed by atoms with van der Waals surface area (Å²) in [5.74, 6) is -1.83. The molecule has 1 saturated carbocycles. The van der Waals surface area contributed by atoms with Gasteiger partial charge in [0, 0.05) is 23.1 Å². The Morgan fingerprint density at radius 3 is 2.62 bits per heavy atom. The van der Waals surface area contributed by atoms with Crippen LogP contribution in [0.1, 0.15) is 34.3 Å². The first-order chi connectivity index (χ1) is 12.4. The lowest BCUT2D eigenvalue weighted by atomic mass is 9.85. The van der Waals surface area contributed by atoms with Gasteiger partial charge in [0.1, 0.15) is 12.4 Å². The van der Waals surface area contributed by atoms with Crippen molar-refractivity contribution in [3.8, 4) is 0 Å². The number of fused-ring (bicyclic) bond motifs is 2. The Labute approximate surface area is 148 Å². The third-order valence-electron chi connectivity index (χ3n) is 4.94. The van der Waals surface area contributed by atoms with Crippen molar-refractivity contribution in [2.75, 3.05) is 18.4 Å². The molecule has 2 aliphatic rings. The number of benzene rings is 1. The SMILES string of the molecule is Cc1ccc2c(c1F)C1(CC1)CN(CC(=O)Nc1ncc(F)cn1)C2=O. The fourth-order valence-corrected chi connectivity index (χ4v) is 3.46. The van der Waals surface area contributed by atoms with Crippen LogP contribution in [0, 0.1) is 18.6 Å². The molecule has 2 aromatic rings. The van der Waals surface area contributed by atoms with Crippen molar-refractivity contribution in [2.45, 2.75) is 25.2 Å². The molecule has 0 radical (unpaired) electrons. The quantitative estimate of drug-likeness (QED) is 0.913. The van der Waals surface area contributed by atoms with E-state index in [2.05, 4.69) is 15.3 Å². The van der Waals surface area contributed by atoms with Crippen LogP contribution in [0.25, 0.3) is 0 Å². The predicted molar refractivity (Wildman–Crippen MR) is 88.6 cm³/mol. The Balaban J connectivity index is 1.55. The molecule has 8 heteroatoms. The van der Waals surface area contributed by atoms with Crippen molar-refractivity contribution in [1.82, 2.24) is 14.9 Å². The average molecular weight is 358 g/mol. The molecule has 0 saturated heterocycles. The van der Waals surface area contributed by atoms with E-state index >= 15 is 0 Å². The number of aryl methyl sites for hydroxylation is 1. The lowest BCUT2D eigenvalue weighted by molar-refractivity contribution is -0.117. The van der Waals surface area contributed by atoms with Crippen LogP contribution in [0.4, 0.5) is 14.7 Å². The van der Waals surface area contributed by atoms with Gasteiger partial charge in [-0.1, -0.05) is 6.07 Å². The summed E-state index contributed by atoms with van der Waals surface area (Å²) < 4.78 is 27.4. The molecule has 0 atom stereocenters. The van der Waals surface area contributed by atoms with Crippen LogP contribution < -0.4 is 5.32 Å². The fraction of sp³-hybridized carbons (Fsp3) is 0.333. The highest BCUT2D eigenvalue weighted by atomic mass is 19.1. The smallest absolute Gasteiger partial charge is 0.254 e. The molecule has 2 heterocycles. The molecular weight excluding hydrogens is 342 g/mol. The van der Waals surface area contributed by atoms with Gasteiger partial charge in [-0.3, -0.25) is 14.9 Å². The third-order valence-corrected chi connectivity index (χ3v) is 4.94. The first-order valence-corrected chi connectivity index (χ1v) is 8.26. The maximum atomic E-state index is 14.6. The van der Waals surface area contributed by atoms with E-state index in [4.69, 9.17) is 0 Å². The Morgan fingerprint density at radius 2 is 1.96 bits per heavy atom. The predicted octanol–water partition coefficient (Wildman–Crippen LogP) is 2.19. The molecule has 1 spiro atoms. The lowest BCUT2D eigenvalue weighted by Gasteiger charge is -2.34. The molecule has 1 fully saturated rings. The van der Waals surface area contributed by atoms with Gasteiger partial charge in [0.2, 0.25) is 11.9 Å². The van der Waals surface area contributed by atoms with Gasteiger partial charge in [0.15, 0.2) is 5.82 Å². The van der Waals surface area contributed by atoms with Crippen LogP contribution in [-0.2, 0) is 10.2 Å². The number of carbonyl (C=O) groups is 2. The number of nitrogens with one attached hydrogen (secondary N) is 1. The molecule has 1 aromatic carbocycles. The van der Waals surface area contributed by atoms with E-state index in [1.165, 1.54) is 4.90 Å². The Bertz CT molecular complexity index is 910. The molecule has 1 N–H and O–H groups in total. The highest BCUT2D eigenvalue weighted by Crippen LogP contribution is 2.53. The van der Waals surface area contributed by atoms with Crippen LogP contribution in [-0.4, -0.2) is 39.8 Å². The number of hydrogen-bond acceptors (Lipinski definition) is 4. The van der Waals surface area contributed by atoms with Gasteiger partial charge in [0.25, 0.3) is 5.91 Å². The molecule has 6 nitrogen and oxygen atoms in total. The second-order valence-corrected chi connectivity index (χ2v) is 6.83. The summed E-state index contributed by atoms with van der Waals surface area (Å²) >= 11 is 0. The van der Waals surface area contributed by atoms with E-state index in [0.717, 1.165) is 25.2 Å². The van der Waals surface area contributed by atoms with Crippen LogP contribution in [0.5, 0.6) is 0 Å². The minimum Gasteiger partial charge on any atom is -0.328 e. The molecule has 2 amide bonds. The largest absolute Gasteiger partial charge is 0.328 e. The first kappa shape index (κ1) is 16.6. The molecular formula is C18H16F2N4O2. The monoisotopic (exact) mass is 358 g/mol.